The lowest BCUT2D eigenvalue weighted by Gasteiger charge is -2.10. The lowest BCUT2D eigenvalue weighted by Crippen LogP contribution is -2.23. The minimum atomic E-state index is -0.175. The molecule has 0 fully saturated rings. The Bertz CT molecular complexity index is 1230. The number of hydrogen-bond donors (Lipinski definition) is 1. The van der Waals surface area contributed by atoms with Gasteiger partial charge >= 0.3 is 0 Å². The number of carbonyl (C=O) groups is 1. The molecule has 6 nitrogen and oxygen atoms in total. The van der Waals surface area contributed by atoms with E-state index in [4.69, 9.17) is 13.9 Å². The lowest BCUT2D eigenvalue weighted by molar-refractivity contribution is 0.0952. The maximum atomic E-state index is 13.0. The molecule has 1 amide bonds. The summed E-state index contributed by atoms with van der Waals surface area (Å²) in [5.41, 5.74) is 2.86. The van der Waals surface area contributed by atoms with Crippen LogP contribution in [0.2, 0.25) is 0 Å². The Morgan fingerprint density at radius 1 is 1.03 bits per heavy atom. The molecule has 2 aromatic heterocycles. The molecule has 29 heavy (non-hydrogen) atoms. The van der Waals surface area contributed by atoms with Gasteiger partial charge in [0.2, 0.25) is 6.79 Å². The van der Waals surface area contributed by atoms with Crippen molar-refractivity contribution < 1.29 is 18.7 Å². The SMILES string of the molecule is Cc1ccc(-c2cc(C(=O)NCc3ccc4c(c3)OCO4)c3ccccc3n2)o1. The Labute approximate surface area is 167 Å². The van der Waals surface area contributed by atoms with Crippen molar-refractivity contribution in [1.29, 1.82) is 0 Å². The standard InChI is InChI=1S/C23H18N2O4/c1-14-6-8-20(29-14)19-11-17(16-4-2-3-5-18(16)25-19)23(26)24-12-15-7-9-21-22(10-15)28-13-27-21/h2-11H,12-13H2,1H3,(H,24,26). The van der Waals surface area contributed by atoms with Crippen molar-refractivity contribution in [3.8, 4) is 23.0 Å². The van der Waals surface area contributed by atoms with Gasteiger partial charge in [0.05, 0.1) is 11.1 Å². The van der Waals surface area contributed by atoms with Crippen molar-refractivity contribution in [3.05, 3.63) is 77.6 Å². The van der Waals surface area contributed by atoms with E-state index in [0.29, 0.717) is 29.3 Å². The molecule has 0 bridgehead atoms. The average molecular weight is 386 g/mol. The van der Waals surface area contributed by atoms with Crippen molar-refractivity contribution in [2.75, 3.05) is 6.79 Å². The average Bonchev–Trinajstić information content (AvgIpc) is 3.39. The highest BCUT2D eigenvalue weighted by Gasteiger charge is 2.17. The Morgan fingerprint density at radius 3 is 2.76 bits per heavy atom. The maximum Gasteiger partial charge on any atom is 0.252 e. The maximum absolute atomic E-state index is 13.0. The summed E-state index contributed by atoms with van der Waals surface area (Å²) in [6.45, 7) is 2.48. The van der Waals surface area contributed by atoms with Crippen LogP contribution in [0.1, 0.15) is 21.7 Å². The predicted molar refractivity (Wildman–Crippen MR) is 108 cm³/mol. The highest BCUT2D eigenvalue weighted by atomic mass is 16.7. The van der Waals surface area contributed by atoms with Crippen LogP contribution in [0.3, 0.4) is 0 Å². The number of pyridine rings is 1. The quantitative estimate of drug-likeness (QED) is 0.560. The number of aryl methyl sites for hydroxylation is 1. The van der Waals surface area contributed by atoms with E-state index in [1.807, 2.05) is 61.5 Å². The van der Waals surface area contributed by atoms with Crippen LogP contribution < -0.4 is 14.8 Å². The molecule has 2 aromatic carbocycles. The second kappa shape index (κ2) is 6.98. The van der Waals surface area contributed by atoms with E-state index >= 15 is 0 Å². The van der Waals surface area contributed by atoms with E-state index in [2.05, 4.69) is 10.3 Å². The second-order valence-corrected chi connectivity index (χ2v) is 6.85. The van der Waals surface area contributed by atoms with Crippen molar-refractivity contribution in [3.63, 3.8) is 0 Å². The number of carbonyl (C=O) groups excluding carboxylic acids is 1. The predicted octanol–water partition coefficient (Wildman–Crippen LogP) is 4.46. The lowest BCUT2D eigenvalue weighted by atomic mass is 10.1. The number of nitrogens with one attached hydrogen (secondary N) is 1. The fourth-order valence-electron chi connectivity index (χ4n) is 3.39. The van der Waals surface area contributed by atoms with Gasteiger partial charge in [-0.3, -0.25) is 4.79 Å². The number of hydrogen-bond acceptors (Lipinski definition) is 5. The van der Waals surface area contributed by atoms with Crippen molar-refractivity contribution >= 4 is 16.8 Å². The van der Waals surface area contributed by atoms with Gasteiger partial charge in [0.15, 0.2) is 17.3 Å². The topological polar surface area (TPSA) is 73.6 Å². The van der Waals surface area contributed by atoms with Crippen LogP contribution >= 0.6 is 0 Å². The van der Waals surface area contributed by atoms with Gasteiger partial charge in [0, 0.05) is 11.9 Å². The molecule has 1 aliphatic heterocycles. The van der Waals surface area contributed by atoms with Crippen LogP contribution in [0.4, 0.5) is 0 Å². The van der Waals surface area contributed by atoms with Crippen LogP contribution in [-0.4, -0.2) is 17.7 Å². The number of benzene rings is 2. The molecular weight excluding hydrogens is 368 g/mol. The zero-order valence-corrected chi connectivity index (χ0v) is 15.8. The van der Waals surface area contributed by atoms with Crippen LogP contribution in [0, 0.1) is 6.92 Å². The molecule has 0 aliphatic carbocycles. The molecule has 0 saturated carbocycles. The number of rotatable bonds is 4. The van der Waals surface area contributed by atoms with Crippen LogP contribution in [0.15, 0.2) is 65.1 Å². The zero-order valence-electron chi connectivity index (χ0n) is 15.8. The monoisotopic (exact) mass is 386 g/mol. The zero-order chi connectivity index (χ0) is 19.8. The highest BCUT2D eigenvalue weighted by molar-refractivity contribution is 6.07. The first-order valence-corrected chi connectivity index (χ1v) is 9.31. The van der Waals surface area contributed by atoms with Gasteiger partial charge in [-0.25, -0.2) is 4.98 Å². The van der Waals surface area contributed by atoms with Gasteiger partial charge in [-0.2, -0.15) is 0 Å². The molecule has 0 radical (unpaired) electrons. The third-order valence-electron chi connectivity index (χ3n) is 4.84. The Hall–Kier alpha value is -3.80. The summed E-state index contributed by atoms with van der Waals surface area (Å²) in [4.78, 5) is 17.7. The molecule has 0 unspecified atom stereocenters. The third-order valence-corrected chi connectivity index (χ3v) is 4.84. The normalized spacial score (nSPS) is 12.3. The summed E-state index contributed by atoms with van der Waals surface area (Å²) < 4.78 is 16.4. The number of nitrogens with zero attached hydrogens (tertiary/aromatic N) is 1. The first-order chi connectivity index (χ1) is 14.2. The fraction of sp³-hybridized carbons (Fsp3) is 0.130. The fourth-order valence-corrected chi connectivity index (χ4v) is 3.39. The summed E-state index contributed by atoms with van der Waals surface area (Å²) in [5, 5.41) is 3.78. The number of ether oxygens (including phenoxy) is 2. The molecule has 3 heterocycles. The summed E-state index contributed by atoms with van der Waals surface area (Å²) in [6.07, 6.45) is 0. The van der Waals surface area contributed by atoms with Crippen molar-refractivity contribution in [1.82, 2.24) is 10.3 Å². The number of para-hydroxylation sites is 1. The molecule has 0 atom stereocenters. The molecular formula is C23H18N2O4. The van der Waals surface area contributed by atoms with Crippen molar-refractivity contribution in [2.24, 2.45) is 0 Å². The molecule has 0 saturated heterocycles. The van der Waals surface area contributed by atoms with E-state index in [-0.39, 0.29) is 12.7 Å². The van der Waals surface area contributed by atoms with Gasteiger partial charge in [0.1, 0.15) is 11.5 Å². The van der Waals surface area contributed by atoms with Crippen LogP contribution in [-0.2, 0) is 6.54 Å². The first-order valence-electron chi connectivity index (χ1n) is 9.31. The van der Waals surface area contributed by atoms with Gasteiger partial charge in [-0.05, 0) is 48.9 Å². The minimum absolute atomic E-state index is 0.175. The number of amides is 1. The van der Waals surface area contributed by atoms with E-state index in [1.54, 1.807) is 6.07 Å². The Morgan fingerprint density at radius 2 is 1.90 bits per heavy atom. The molecule has 144 valence electrons. The summed E-state index contributed by atoms with van der Waals surface area (Å²) in [6, 6.07) is 18.7. The second-order valence-electron chi connectivity index (χ2n) is 6.85. The van der Waals surface area contributed by atoms with Gasteiger partial charge < -0.3 is 19.2 Å². The molecule has 4 aromatic rings. The van der Waals surface area contributed by atoms with Crippen LogP contribution in [0.5, 0.6) is 11.5 Å². The van der Waals surface area contributed by atoms with E-state index in [1.165, 1.54) is 0 Å². The minimum Gasteiger partial charge on any atom is -0.460 e. The van der Waals surface area contributed by atoms with Crippen LogP contribution in [0.25, 0.3) is 22.4 Å². The van der Waals surface area contributed by atoms with E-state index in [0.717, 1.165) is 28.0 Å². The van der Waals surface area contributed by atoms with E-state index in [9.17, 15) is 4.79 Å². The number of furan rings is 1. The molecule has 6 heteroatoms. The van der Waals surface area contributed by atoms with Crippen molar-refractivity contribution in [2.45, 2.75) is 13.5 Å². The smallest absolute Gasteiger partial charge is 0.252 e. The number of aromatic nitrogens is 1. The third kappa shape index (κ3) is 3.29. The molecule has 0 spiro atoms. The van der Waals surface area contributed by atoms with Gasteiger partial charge in [-0.1, -0.05) is 24.3 Å². The highest BCUT2D eigenvalue weighted by Crippen LogP contribution is 2.32. The Balaban J connectivity index is 1.46. The van der Waals surface area contributed by atoms with Gasteiger partial charge in [-0.15, -0.1) is 0 Å². The summed E-state index contributed by atoms with van der Waals surface area (Å²) >= 11 is 0. The first kappa shape index (κ1) is 17.3. The summed E-state index contributed by atoms with van der Waals surface area (Å²) in [7, 11) is 0. The molecule has 1 aliphatic rings. The molecule has 5 rings (SSSR count). The largest absolute Gasteiger partial charge is 0.460 e. The summed E-state index contributed by atoms with van der Waals surface area (Å²) in [5.74, 6) is 2.67. The molecule has 1 N–H and O–H groups in total. The number of fused-ring (bicyclic) bond motifs is 2. The van der Waals surface area contributed by atoms with E-state index < -0.39 is 0 Å². The Kier molecular flexibility index (Phi) is 4.17. The van der Waals surface area contributed by atoms with Gasteiger partial charge in [0.25, 0.3) is 5.91 Å².